The zero-order valence-corrected chi connectivity index (χ0v) is 9.54. The van der Waals surface area contributed by atoms with Gasteiger partial charge in [0, 0.05) is 11.1 Å². The minimum absolute atomic E-state index is 0.172. The number of halogens is 1. The second kappa shape index (κ2) is 5.20. The van der Waals surface area contributed by atoms with Crippen LogP contribution in [0.3, 0.4) is 0 Å². The van der Waals surface area contributed by atoms with Gasteiger partial charge in [0.15, 0.2) is 6.79 Å². The molecular formula is C12H12ClNO2. The molecule has 84 valence electrons. The Morgan fingerprint density at radius 1 is 1.44 bits per heavy atom. The molecule has 0 aromatic heterocycles. The molecule has 3 nitrogen and oxygen atoms in total. The minimum Gasteiger partial charge on any atom is -0.466 e. The van der Waals surface area contributed by atoms with Crippen LogP contribution in [0.25, 0.3) is 0 Å². The highest BCUT2D eigenvalue weighted by Crippen LogP contribution is 2.29. The predicted octanol–water partition coefficient (Wildman–Crippen LogP) is 2.97. The Morgan fingerprint density at radius 3 is 2.94 bits per heavy atom. The quantitative estimate of drug-likeness (QED) is 0.584. The molecule has 1 fully saturated rings. The fourth-order valence-electron chi connectivity index (χ4n) is 1.31. The SMILES string of the molecule is N#Cc1ccc(Cl)cc1OCOCC1CC1. The summed E-state index contributed by atoms with van der Waals surface area (Å²) in [6.07, 6.45) is 2.50. The van der Waals surface area contributed by atoms with Crippen LogP contribution < -0.4 is 4.74 Å². The van der Waals surface area contributed by atoms with E-state index >= 15 is 0 Å². The third-order valence-electron chi connectivity index (χ3n) is 2.41. The Morgan fingerprint density at radius 2 is 2.25 bits per heavy atom. The Balaban J connectivity index is 1.86. The molecule has 4 heteroatoms. The molecule has 0 atom stereocenters. The molecule has 0 saturated heterocycles. The number of benzene rings is 1. The van der Waals surface area contributed by atoms with E-state index in [2.05, 4.69) is 0 Å². The van der Waals surface area contributed by atoms with Crippen molar-refractivity contribution in [3.63, 3.8) is 0 Å². The van der Waals surface area contributed by atoms with Crippen LogP contribution in [0.4, 0.5) is 0 Å². The minimum atomic E-state index is 0.172. The number of nitrogens with zero attached hydrogens (tertiary/aromatic N) is 1. The van der Waals surface area contributed by atoms with Gasteiger partial charge in [-0.2, -0.15) is 5.26 Å². The van der Waals surface area contributed by atoms with E-state index in [0.717, 1.165) is 6.61 Å². The number of hydrogen-bond donors (Lipinski definition) is 0. The number of ether oxygens (including phenoxy) is 2. The predicted molar refractivity (Wildman–Crippen MR) is 60.3 cm³/mol. The second-order valence-corrected chi connectivity index (χ2v) is 4.27. The molecule has 0 radical (unpaired) electrons. The molecule has 0 bridgehead atoms. The zero-order valence-electron chi connectivity index (χ0n) is 8.78. The first-order chi connectivity index (χ1) is 7.79. The first-order valence-electron chi connectivity index (χ1n) is 5.20. The Labute approximate surface area is 99.5 Å². The topological polar surface area (TPSA) is 42.2 Å². The van der Waals surface area contributed by atoms with Crippen molar-refractivity contribution in [2.75, 3.05) is 13.4 Å². The maximum atomic E-state index is 8.85. The average molecular weight is 238 g/mol. The monoisotopic (exact) mass is 237 g/mol. The van der Waals surface area contributed by atoms with Gasteiger partial charge in [-0.1, -0.05) is 11.6 Å². The highest BCUT2D eigenvalue weighted by atomic mass is 35.5. The lowest BCUT2D eigenvalue weighted by Crippen LogP contribution is -2.06. The maximum absolute atomic E-state index is 8.85. The van der Waals surface area contributed by atoms with Crippen molar-refractivity contribution in [3.05, 3.63) is 28.8 Å². The molecule has 2 rings (SSSR count). The highest BCUT2D eigenvalue weighted by molar-refractivity contribution is 6.30. The lowest BCUT2D eigenvalue weighted by atomic mass is 10.2. The van der Waals surface area contributed by atoms with Crippen LogP contribution in [-0.2, 0) is 4.74 Å². The molecule has 1 aliphatic rings. The van der Waals surface area contributed by atoms with Gasteiger partial charge in [-0.15, -0.1) is 0 Å². The first-order valence-corrected chi connectivity index (χ1v) is 5.57. The summed E-state index contributed by atoms with van der Waals surface area (Å²) in [7, 11) is 0. The van der Waals surface area contributed by atoms with E-state index in [4.69, 9.17) is 26.3 Å². The molecule has 0 amide bonds. The fourth-order valence-corrected chi connectivity index (χ4v) is 1.47. The van der Waals surface area contributed by atoms with Crippen LogP contribution >= 0.6 is 11.6 Å². The summed E-state index contributed by atoms with van der Waals surface area (Å²) in [4.78, 5) is 0. The van der Waals surface area contributed by atoms with Gasteiger partial charge in [0.2, 0.25) is 0 Å². The summed E-state index contributed by atoms with van der Waals surface area (Å²) in [5.41, 5.74) is 0.472. The Kier molecular flexibility index (Phi) is 3.66. The van der Waals surface area contributed by atoms with Crippen molar-refractivity contribution < 1.29 is 9.47 Å². The molecule has 0 N–H and O–H groups in total. The average Bonchev–Trinajstić information content (AvgIpc) is 3.08. The summed E-state index contributed by atoms with van der Waals surface area (Å²) in [5, 5.41) is 9.40. The molecule has 1 aromatic carbocycles. The van der Waals surface area contributed by atoms with Crippen molar-refractivity contribution in [2.24, 2.45) is 5.92 Å². The van der Waals surface area contributed by atoms with Gasteiger partial charge in [0.05, 0.1) is 12.2 Å². The summed E-state index contributed by atoms with van der Waals surface area (Å²) in [6.45, 7) is 0.911. The molecule has 1 saturated carbocycles. The van der Waals surface area contributed by atoms with Crippen LogP contribution in [0.2, 0.25) is 5.02 Å². The summed E-state index contributed by atoms with van der Waals surface area (Å²) >= 11 is 5.82. The number of hydrogen-bond acceptors (Lipinski definition) is 3. The third-order valence-corrected chi connectivity index (χ3v) is 2.65. The van der Waals surface area contributed by atoms with Gasteiger partial charge in [0.25, 0.3) is 0 Å². The lowest BCUT2D eigenvalue weighted by Gasteiger charge is -2.08. The number of nitriles is 1. The van der Waals surface area contributed by atoms with Crippen molar-refractivity contribution in [1.29, 1.82) is 5.26 Å². The van der Waals surface area contributed by atoms with Gasteiger partial charge in [-0.05, 0) is 30.9 Å². The van der Waals surface area contributed by atoms with Gasteiger partial charge >= 0.3 is 0 Å². The van der Waals surface area contributed by atoms with E-state index in [1.165, 1.54) is 12.8 Å². The molecule has 16 heavy (non-hydrogen) atoms. The molecule has 0 aliphatic heterocycles. The van der Waals surface area contributed by atoms with E-state index in [-0.39, 0.29) is 6.79 Å². The molecule has 1 aromatic rings. The van der Waals surface area contributed by atoms with Gasteiger partial charge < -0.3 is 9.47 Å². The smallest absolute Gasteiger partial charge is 0.189 e. The van der Waals surface area contributed by atoms with E-state index in [1.807, 2.05) is 6.07 Å². The second-order valence-electron chi connectivity index (χ2n) is 3.83. The fraction of sp³-hybridized carbons (Fsp3) is 0.417. The zero-order chi connectivity index (χ0) is 11.4. The first kappa shape index (κ1) is 11.3. The van der Waals surface area contributed by atoms with Crippen molar-refractivity contribution >= 4 is 11.6 Å². The summed E-state index contributed by atoms with van der Waals surface area (Å²) < 4.78 is 10.7. The van der Waals surface area contributed by atoms with Gasteiger partial charge in [0.1, 0.15) is 11.8 Å². The molecule has 0 unspecified atom stereocenters. The lowest BCUT2D eigenvalue weighted by molar-refractivity contribution is 0.00983. The van der Waals surface area contributed by atoms with Crippen molar-refractivity contribution in [1.82, 2.24) is 0 Å². The number of rotatable bonds is 5. The van der Waals surface area contributed by atoms with E-state index < -0.39 is 0 Å². The Bertz CT molecular complexity index is 410. The highest BCUT2D eigenvalue weighted by Gasteiger charge is 2.21. The summed E-state index contributed by atoms with van der Waals surface area (Å²) in [6, 6.07) is 6.97. The Hall–Kier alpha value is -1.24. The third kappa shape index (κ3) is 3.13. The van der Waals surface area contributed by atoms with Crippen LogP contribution in [0.1, 0.15) is 18.4 Å². The van der Waals surface area contributed by atoms with Gasteiger partial charge in [-0.3, -0.25) is 0 Å². The summed E-state index contributed by atoms with van der Waals surface area (Å²) in [5.74, 6) is 1.18. The van der Waals surface area contributed by atoms with Gasteiger partial charge in [-0.25, -0.2) is 0 Å². The normalized spacial score (nSPS) is 14.5. The van der Waals surface area contributed by atoms with Crippen LogP contribution in [0.15, 0.2) is 18.2 Å². The van der Waals surface area contributed by atoms with Crippen molar-refractivity contribution in [3.8, 4) is 11.8 Å². The van der Waals surface area contributed by atoms with E-state index in [9.17, 15) is 0 Å². The molecule has 0 heterocycles. The maximum Gasteiger partial charge on any atom is 0.189 e. The van der Waals surface area contributed by atoms with Crippen LogP contribution in [0, 0.1) is 17.2 Å². The van der Waals surface area contributed by atoms with E-state index in [1.54, 1.807) is 18.2 Å². The molecule has 1 aliphatic carbocycles. The standard InChI is InChI=1S/C12H12ClNO2/c13-11-4-3-10(6-14)12(5-11)16-8-15-7-9-1-2-9/h3-5,9H,1-2,7-8H2. The van der Waals surface area contributed by atoms with Crippen LogP contribution in [-0.4, -0.2) is 13.4 Å². The largest absolute Gasteiger partial charge is 0.466 e. The van der Waals surface area contributed by atoms with Crippen LogP contribution in [0.5, 0.6) is 5.75 Å². The van der Waals surface area contributed by atoms with E-state index in [0.29, 0.717) is 22.3 Å². The van der Waals surface area contributed by atoms with Crippen molar-refractivity contribution in [2.45, 2.75) is 12.8 Å². The molecule has 0 spiro atoms. The molecular weight excluding hydrogens is 226 g/mol.